The predicted octanol–water partition coefficient (Wildman–Crippen LogP) is 2.33. The standard InChI is InChI=1S/C21H29FN4O3S/c1-15-20(16(2)25(3)24-15)7-10-23-21(27)13-17-8-11-26(12-9-17)30(28,29)19-6-4-5-18(22)14-19/h4-6,14,17H,7-13H2,1-3H3,(H,23,27). The molecule has 0 radical (unpaired) electrons. The van der Waals surface area contributed by atoms with E-state index >= 15 is 0 Å². The Morgan fingerprint density at radius 3 is 2.57 bits per heavy atom. The van der Waals surface area contributed by atoms with E-state index in [0.29, 0.717) is 38.9 Å². The van der Waals surface area contributed by atoms with Crippen LogP contribution in [-0.2, 0) is 28.3 Å². The molecule has 9 heteroatoms. The maximum absolute atomic E-state index is 13.4. The number of aryl methyl sites for hydroxylation is 2. The van der Waals surface area contributed by atoms with Gasteiger partial charge in [0.25, 0.3) is 0 Å². The van der Waals surface area contributed by atoms with Crippen molar-refractivity contribution in [2.45, 2.75) is 44.4 Å². The second-order valence-corrected chi connectivity index (χ2v) is 9.82. The van der Waals surface area contributed by atoms with Crippen LogP contribution in [0.5, 0.6) is 0 Å². The second kappa shape index (κ2) is 9.26. The maximum Gasteiger partial charge on any atom is 0.243 e. The third kappa shape index (κ3) is 5.07. The molecule has 2 heterocycles. The van der Waals surface area contributed by atoms with Gasteiger partial charge in [0.05, 0.1) is 10.6 Å². The number of amides is 1. The molecule has 0 unspecified atom stereocenters. The number of hydrogen-bond acceptors (Lipinski definition) is 4. The van der Waals surface area contributed by atoms with Crippen LogP contribution in [0.15, 0.2) is 29.2 Å². The third-order valence-corrected chi connectivity index (χ3v) is 7.73. The summed E-state index contributed by atoms with van der Waals surface area (Å²) in [5.41, 5.74) is 3.25. The molecule has 0 saturated carbocycles. The summed E-state index contributed by atoms with van der Waals surface area (Å²) in [6.45, 7) is 5.22. The molecule has 1 fully saturated rings. The fourth-order valence-electron chi connectivity index (χ4n) is 3.97. The molecule has 0 bridgehead atoms. The number of nitrogens with zero attached hydrogens (tertiary/aromatic N) is 3. The van der Waals surface area contributed by atoms with Gasteiger partial charge in [-0.15, -0.1) is 0 Å². The first-order valence-electron chi connectivity index (χ1n) is 10.2. The number of halogens is 1. The van der Waals surface area contributed by atoms with Gasteiger partial charge in [0.15, 0.2) is 0 Å². The third-order valence-electron chi connectivity index (χ3n) is 5.84. The average Bonchev–Trinajstić information content (AvgIpc) is 2.94. The highest BCUT2D eigenvalue weighted by Gasteiger charge is 2.30. The van der Waals surface area contributed by atoms with E-state index in [-0.39, 0.29) is 16.7 Å². The van der Waals surface area contributed by atoms with Crippen molar-refractivity contribution in [1.29, 1.82) is 0 Å². The molecule has 30 heavy (non-hydrogen) atoms. The van der Waals surface area contributed by atoms with Gasteiger partial charge in [-0.2, -0.15) is 9.40 Å². The lowest BCUT2D eigenvalue weighted by molar-refractivity contribution is -0.122. The molecule has 1 aliphatic rings. The number of rotatable bonds is 7. The van der Waals surface area contributed by atoms with Gasteiger partial charge >= 0.3 is 0 Å². The molecule has 3 rings (SSSR count). The van der Waals surface area contributed by atoms with Crippen LogP contribution in [0.3, 0.4) is 0 Å². The van der Waals surface area contributed by atoms with Crippen LogP contribution >= 0.6 is 0 Å². The van der Waals surface area contributed by atoms with E-state index in [2.05, 4.69) is 10.4 Å². The summed E-state index contributed by atoms with van der Waals surface area (Å²) in [4.78, 5) is 12.3. The molecule has 7 nitrogen and oxygen atoms in total. The first kappa shape index (κ1) is 22.4. The Kier molecular flexibility index (Phi) is 6.92. The minimum Gasteiger partial charge on any atom is -0.356 e. The van der Waals surface area contributed by atoms with Gasteiger partial charge in [-0.05, 0) is 62.8 Å². The molecule has 1 aliphatic heterocycles. The van der Waals surface area contributed by atoms with Crippen molar-refractivity contribution >= 4 is 15.9 Å². The van der Waals surface area contributed by atoms with Crippen LogP contribution in [0.1, 0.15) is 36.2 Å². The molecular weight excluding hydrogens is 407 g/mol. The van der Waals surface area contributed by atoms with Gasteiger partial charge in [0.2, 0.25) is 15.9 Å². The molecule has 0 aliphatic carbocycles. The zero-order chi connectivity index (χ0) is 21.9. The van der Waals surface area contributed by atoms with Crippen molar-refractivity contribution in [3.63, 3.8) is 0 Å². The molecule has 0 atom stereocenters. The van der Waals surface area contributed by atoms with E-state index in [1.165, 1.54) is 22.5 Å². The van der Waals surface area contributed by atoms with Crippen LogP contribution in [-0.4, -0.2) is 48.0 Å². The summed E-state index contributed by atoms with van der Waals surface area (Å²) >= 11 is 0. The first-order chi connectivity index (χ1) is 14.2. The summed E-state index contributed by atoms with van der Waals surface area (Å²) in [5.74, 6) is -0.439. The Hall–Kier alpha value is -2.26. The molecule has 1 saturated heterocycles. The second-order valence-electron chi connectivity index (χ2n) is 7.88. The van der Waals surface area contributed by atoms with E-state index in [1.807, 2.05) is 25.6 Å². The summed E-state index contributed by atoms with van der Waals surface area (Å²) in [5, 5.41) is 7.35. The Morgan fingerprint density at radius 1 is 1.27 bits per heavy atom. The van der Waals surface area contributed by atoms with Gasteiger partial charge in [-0.1, -0.05) is 6.07 Å². The summed E-state index contributed by atoms with van der Waals surface area (Å²) in [6.07, 6.45) is 2.35. The number of benzene rings is 1. The van der Waals surface area contributed by atoms with Crippen molar-refractivity contribution in [2.75, 3.05) is 19.6 Å². The summed E-state index contributed by atoms with van der Waals surface area (Å²) < 4.78 is 42.0. The minimum absolute atomic E-state index is 0.0133. The lowest BCUT2D eigenvalue weighted by Gasteiger charge is -2.31. The van der Waals surface area contributed by atoms with Crippen molar-refractivity contribution in [2.24, 2.45) is 13.0 Å². The zero-order valence-electron chi connectivity index (χ0n) is 17.7. The van der Waals surface area contributed by atoms with Crippen LogP contribution < -0.4 is 5.32 Å². The smallest absolute Gasteiger partial charge is 0.243 e. The van der Waals surface area contributed by atoms with Crippen LogP contribution in [0.25, 0.3) is 0 Å². The zero-order valence-corrected chi connectivity index (χ0v) is 18.5. The van der Waals surface area contributed by atoms with Crippen molar-refractivity contribution in [1.82, 2.24) is 19.4 Å². The largest absolute Gasteiger partial charge is 0.356 e. The minimum atomic E-state index is -3.70. The Balaban J connectivity index is 1.45. The van der Waals surface area contributed by atoms with Gasteiger partial charge in [-0.3, -0.25) is 9.48 Å². The summed E-state index contributed by atoms with van der Waals surface area (Å²) in [7, 11) is -1.79. The molecule has 2 aromatic rings. The van der Waals surface area contributed by atoms with E-state index in [0.717, 1.165) is 29.4 Å². The van der Waals surface area contributed by atoms with Gasteiger partial charge < -0.3 is 5.32 Å². The fraction of sp³-hybridized carbons (Fsp3) is 0.524. The number of carbonyl (C=O) groups excluding carboxylic acids is 1. The number of aromatic nitrogens is 2. The quantitative estimate of drug-likeness (QED) is 0.722. The Labute approximate surface area is 177 Å². The first-order valence-corrected chi connectivity index (χ1v) is 11.6. The Morgan fingerprint density at radius 2 is 1.97 bits per heavy atom. The van der Waals surface area contributed by atoms with E-state index in [9.17, 15) is 17.6 Å². The number of sulfonamides is 1. The SMILES string of the molecule is Cc1nn(C)c(C)c1CCNC(=O)CC1CCN(S(=O)(=O)c2cccc(F)c2)CC1. The van der Waals surface area contributed by atoms with Gasteiger partial charge in [0, 0.05) is 38.8 Å². The molecule has 1 amide bonds. The molecule has 1 aromatic carbocycles. The van der Waals surface area contributed by atoms with Gasteiger partial charge in [0.1, 0.15) is 5.82 Å². The van der Waals surface area contributed by atoms with E-state index in [1.54, 1.807) is 0 Å². The average molecular weight is 437 g/mol. The van der Waals surface area contributed by atoms with Crippen LogP contribution in [0, 0.1) is 25.6 Å². The highest BCUT2D eigenvalue weighted by Crippen LogP contribution is 2.26. The van der Waals surface area contributed by atoms with Gasteiger partial charge in [-0.25, -0.2) is 12.8 Å². The number of carbonyl (C=O) groups is 1. The van der Waals surface area contributed by atoms with Crippen LogP contribution in [0.2, 0.25) is 0 Å². The number of hydrogen-bond donors (Lipinski definition) is 1. The lowest BCUT2D eigenvalue weighted by atomic mass is 9.94. The molecule has 1 aromatic heterocycles. The topological polar surface area (TPSA) is 84.3 Å². The lowest BCUT2D eigenvalue weighted by Crippen LogP contribution is -2.39. The van der Waals surface area contributed by atoms with E-state index < -0.39 is 15.8 Å². The van der Waals surface area contributed by atoms with Crippen molar-refractivity contribution in [3.8, 4) is 0 Å². The predicted molar refractivity (Wildman–Crippen MR) is 112 cm³/mol. The number of nitrogens with one attached hydrogen (secondary N) is 1. The molecule has 164 valence electrons. The molecule has 0 spiro atoms. The monoisotopic (exact) mass is 436 g/mol. The van der Waals surface area contributed by atoms with Crippen LogP contribution in [0.4, 0.5) is 4.39 Å². The molecular formula is C21H29FN4O3S. The molecule has 1 N–H and O–H groups in total. The van der Waals surface area contributed by atoms with Crippen molar-refractivity contribution < 1.29 is 17.6 Å². The van der Waals surface area contributed by atoms with E-state index in [4.69, 9.17) is 0 Å². The van der Waals surface area contributed by atoms with Crippen molar-refractivity contribution in [3.05, 3.63) is 47.0 Å². The maximum atomic E-state index is 13.4. The highest BCUT2D eigenvalue weighted by atomic mass is 32.2. The Bertz CT molecular complexity index is 1010. The number of piperidine rings is 1. The highest BCUT2D eigenvalue weighted by molar-refractivity contribution is 7.89. The summed E-state index contributed by atoms with van der Waals surface area (Å²) in [6, 6.07) is 5.07. The fourth-order valence-corrected chi connectivity index (χ4v) is 5.47. The normalized spacial score (nSPS) is 16.0.